The Morgan fingerprint density at radius 3 is 2.39 bits per heavy atom. The molecule has 2 fully saturated rings. The van der Waals surface area contributed by atoms with Crippen molar-refractivity contribution in [1.29, 1.82) is 0 Å². The number of hydrogen-bond acceptors (Lipinski definition) is 3. The van der Waals surface area contributed by atoms with E-state index in [1.165, 1.54) is 4.90 Å². The van der Waals surface area contributed by atoms with Gasteiger partial charge in [-0.15, -0.1) is 0 Å². The molecule has 0 aliphatic carbocycles. The summed E-state index contributed by atoms with van der Waals surface area (Å²) >= 11 is 0. The third kappa shape index (κ3) is 5.37. The molecule has 2 heterocycles. The molecular formula is C17H31N3O3. The fourth-order valence-electron chi connectivity index (χ4n) is 3.61. The lowest BCUT2D eigenvalue weighted by molar-refractivity contribution is -0.126. The number of nitrogens with zero attached hydrogens (tertiary/aromatic N) is 2. The second kappa shape index (κ2) is 8.52. The van der Waals surface area contributed by atoms with Crippen LogP contribution in [0.4, 0.5) is 4.79 Å². The van der Waals surface area contributed by atoms with Gasteiger partial charge in [0.05, 0.1) is 0 Å². The minimum absolute atomic E-state index is 0.145. The van der Waals surface area contributed by atoms with Crippen molar-refractivity contribution >= 4 is 12.0 Å². The van der Waals surface area contributed by atoms with E-state index in [2.05, 4.69) is 24.1 Å². The van der Waals surface area contributed by atoms with Gasteiger partial charge in [0, 0.05) is 31.6 Å². The Balaban J connectivity index is 1.75. The lowest BCUT2D eigenvalue weighted by Crippen LogP contribution is -2.45. The summed E-state index contributed by atoms with van der Waals surface area (Å²) in [6, 6.07) is 0.471. The summed E-state index contributed by atoms with van der Waals surface area (Å²) < 4.78 is 0. The standard InChI is InChI=1S/C17H31N3O3/c1-13(2)12-18-16(21)14-5-9-19(10-6-14)15-4-3-8-20(11-7-15)17(22)23/h13-15H,3-12H2,1-2H3,(H,18,21)(H,22,23). The Morgan fingerprint density at radius 2 is 1.78 bits per heavy atom. The molecule has 2 aliphatic rings. The minimum atomic E-state index is -0.800. The van der Waals surface area contributed by atoms with E-state index in [0.29, 0.717) is 25.0 Å². The average Bonchev–Trinajstić information content (AvgIpc) is 2.79. The molecule has 0 bridgehead atoms. The van der Waals surface area contributed by atoms with Gasteiger partial charge >= 0.3 is 6.09 Å². The van der Waals surface area contributed by atoms with Crippen molar-refractivity contribution in [3.8, 4) is 0 Å². The van der Waals surface area contributed by atoms with Crippen LogP contribution in [0.3, 0.4) is 0 Å². The van der Waals surface area contributed by atoms with Crippen molar-refractivity contribution in [2.75, 3.05) is 32.7 Å². The van der Waals surface area contributed by atoms with Crippen LogP contribution in [0, 0.1) is 11.8 Å². The topological polar surface area (TPSA) is 72.9 Å². The first-order valence-corrected chi connectivity index (χ1v) is 8.97. The van der Waals surface area contributed by atoms with Gasteiger partial charge in [-0.25, -0.2) is 4.79 Å². The molecule has 6 nitrogen and oxygen atoms in total. The summed E-state index contributed by atoms with van der Waals surface area (Å²) in [6.07, 6.45) is 3.95. The van der Waals surface area contributed by atoms with Crippen LogP contribution < -0.4 is 5.32 Å². The molecule has 6 heteroatoms. The molecule has 0 saturated carbocycles. The second-order valence-electron chi connectivity index (χ2n) is 7.30. The van der Waals surface area contributed by atoms with Crippen LogP contribution in [0.2, 0.25) is 0 Å². The largest absolute Gasteiger partial charge is 0.465 e. The normalized spacial score (nSPS) is 24.5. The van der Waals surface area contributed by atoms with Crippen molar-refractivity contribution in [3.05, 3.63) is 0 Å². The highest BCUT2D eigenvalue weighted by Gasteiger charge is 2.30. The van der Waals surface area contributed by atoms with E-state index in [-0.39, 0.29) is 11.8 Å². The van der Waals surface area contributed by atoms with Crippen molar-refractivity contribution in [2.45, 2.75) is 52.0 Å². The Labute approximate surface area is 139 Å². The molecule has 23 heavy (non-hydrogen) atoms. The van der Waals surface area contributed by atoms with Gasteiger partial charge in [-0.1, -0.05) is 13.8 Å². The number of carbonyl (C=O) groups is 2. The molecule has 2 saturated heterocycles. The highest BCUT2D eigenvalue weighted by Crippen LogP contribution is 2.24. The zero-order chi connectivity index (χ0) is 16.8. The number of carbonyl (C=O) groups excluding carboxylic acids is 1. The van der Waals surface area contributed by atoms with Crippen molar-refractivity contribution in [1.82, 2.24) is 15.1 Å². The summed E-state index contributed by atoms with van der Waals surface area (Å²) in [5, 5.41) is 12.2. The van der Waals surface area contributed by atoms with Gasteiger partial charge in [0.15, 0.2) is 0 Å². The molecular weight excluding hydrogens is 294 g/mol. The molecule has 2 rings (SSSR count). The summed E-state index contributed by atoms with van der Waals surface area (Å²) in [4.78, 5) is 27.2. The summed E-state index contributed by atoms with van der Waals surface area (Å²) in [5.74, 6) is 0.838. The van der Waals surface area contributed by atoms with E-state index in [1.807, 2.05) is 0 Å². The van der Waals surface area contributed by atoms with E-state index < -0.39 is 6.09 Å². The number of hydrogen-bond donors (Lipinski definition) is 2. The summed E-state index contributed by atoms with van der Waals surface area (Å²) in [6.45, 7) is 8.17. The van der Waals surface area contributed by atoms with Gasteiger partial charge in [0.1, 0.15) is 0 Å². The predicted octanol–water partition coefficient (Wildman–Crippen LogP) is 2.00. The fourth-order valence-corrected chi connectivity index (χ4v) is 3.61. The molecule has 0 aromatic rings. The molecule has 1 atom stereocenters. The fraction of sp³-hybridized carbons (Fsp3) is 0.882. The first-order chi connectivity index (χ1) is 11.0. The van der Waals surface area contributed by atoms with Gasteiger partial charge in [-0.2, -0.15) is 0 Å². The van der Waals surface area contributed by atoms with Crippen LogP contribution in [-0.4, -0.2) is 65.7 Å². The molecule has 2 aliphatic heterocycles. The summed E-state index contributed by atoms with van der Waals surface area (Å²) in [7, 11) is 0. The third-order valence-corrected chi connectivity index (χ3v) is 5.07. The zero-order valence-corrected chi connectivity index (χ0v) is 14.5. The van der Waals surface area contributed by atoms with Crippen LogP contribution >= 0.6 is 0 Å². The SMILES string of the molecule is CC(C)CNC(=O)C1CCN(C2CCCN(C(=O)O)CC2)CC1. The van der Waals surface area contributed by atoms with E-state index in [4.69, 9.17) is 5.11 Å². The van der Waals surface area contributed by atoms with Crippen molar-refractivity contribution < 1.29 is 14.7 Å². The van der Waals surface area contributed by atoms with E-state index in [0.717, 1.165) is 51.7 Å². The van der Waals surface area contributed by atoms with Gasteiger partial charge in [0.2, 0.25) is 5.91 Å². The Hall–Kier alpha value is -1.30. The number of rotatable bonds is 4. The number of carboxylic acid groups (broad SMARTS) is 1. The maximum absolute atomic E-state index is 12.2. The van der Waals surface area contributed by atoms with Gasteiger partial charge < -0.3 is 20.2 Å². The number of likely N-dealkylation sites (tertiary alicyclic amines) is 2. The van der Waals surface area contributed by atoms with Crippen molar-refractivity contribution in [3.63, 3.8) is 0 Å². The zero-order valence-electron chi connectivity index (χ0n) is 14.5. The first kappa shape index (κ1) is 18.0. The molecule has 132 valence electrons. The molecule has 1 unspecified atom stereocenters. The molecule has 0 spiro atoms. The first-order valence-electron chi connectivity index (χ1n) is 8.97. The second-order valence-corrected chi connectivity index (χ2v) is 7.30. The lowest BCUT2D eigenvalue weighted by atomic mass is 9.93. The number of amides is 2. The van der Waals surface area contributed by atoms with Crippen LogP contribution in [0.25, 0.3) is 0 Å². The van der Waals surface area contributed by atoms with E-state index in [9.17, 15) is 9.59 Å². The number of nitrogens with one attached hydrogen (secondary N) is 1. The minimum Gasteiger partial charge on any atom is -0.465 e. The molecule has 2 amide bonds. The van der Waals surface area contributed by atoms with Gasteiger partial charge in [-0.3, -0.25) is 4.79 Å². The van der Waals surface area contributed by atoms with Crippen molar-refractivity contribution in [2.24, 2.45) is 11.8 Å². The van der Waals surface area contributed by atoms with Gasteiger partial charge in [-0.05, 0) is 51.1 Å². The quantitative estimate of drug-likeness (QED) is 0.829. The Morgan fingerprint density at radius 1 is 1.09 bits per heavy atom. The average molecular weight is 325 g/mol. The monoisotopic (exact) mass is 325 g/mol. The van der Waals surface area contributed by atoms with Crippen LogP contribution in [0.1, 0.15) is 46.0 Å². The Kier molecular flexibility index (Phi) is 6.69. The molecule has 0 aromatic carbocycles. The predicted molar refractivity (Wildman–Crippen MR) is 89.4 cm³/mol. The number of piperidine rings is 1. The summed E-state index contributed by atoms with van der Waals surface area (Å²) in [5.41, 5.74) is 0. The molecule has 2 N–H and O–H groups in total. The van der Waals surface area contributed by atoms with Crippen LogP contribution in [-0.2, 0) is 4.79 Å². The van der Waals surface area contributed by atoms with Crippen LogP contribution in [0.5, 0.6) is 0 Å². The van der Waals surface area contributed by atoms with Gasteiger partial charge in [0.25, 0.3) is 0 Å². The maximum Gasteiger partial charge on any atom is 0.407 e. The Bertz CT molecular complexity index is 406. The highest BCUT2D eigenvalue weighted by molar-refractivity contribution is 5.78. The third-order valence-electron chi connectivity index (χ3n) is 5.07. The van der Waals surface area contributed by atoms with E-state index >= 15 is 0 Å². The lowest BCUT2D eigenvalue weighted by Gasteiger charge is -2.37. The smallest absolute Gasteiger partial charge is 0.407 e. The van der Waals surface area contributed by atoms with E-state index in [1.54, 1.807) is 0 Å². The highest BCUT2D eigenvalue weighted by atomic mass is 16.4. The van der Waals surface area contributed by atoms with Crippen LogP contribution in [0.15, 0.2) is 0 Å². The molecule has 0 aromatic heterocycles. The molecule has 0 radical (unpaired) electrons. The maximum atomic E-state index is 12.2.